The standard InChI is InChI=1S/C14H11As3/c1-3-7-11(8-4-1)13-14(16-17-15-13)12-9-5-2-6-10-12/h1-10,13H. The third-order valence-corrected chi connectivity index (χ3v) is 25.2. The third-order valence-electron chi connectivity index (χ3n) is 2.76. The molecule has 0 aliphatic carbocycles. The van der Waals surface area contributed by atoms with Crippen molar-refractivity contribution in [3.8, 4) is 0 Å². The van der Waals surface area contributed by atoms with Crippen LogP contribution < -0.4 is 0 Å². The fourth-order valence-electron chi connectivity index (χ4n) is 1.92. The number of hydrogen-bond donors (Lipinski definition) is 0. The first-order valence-electron chi connectivity index (χ1n) is 5.53. The number of benzene rings is 2. The zero-order valence-electron chi connectivity index (χ0n) is 9.19. The summed E-state index contributed by atoms with van der Waals surface area (Å²) in [5.41, 5.74) is 3.08. The molecule has 2 aromatic rings. The summed E-state index contributed by atoms with van der Waals surface area (Å²) in [5, 5.41) is 0. The normalized spacial score (nSPS) is 20.9. The van der Waals surface area contributed by atoms with E-state index in [-0.39, 0.29) is 0 Å². The Balaban J connectivity index is 1.98. The Morgan fingerprint density at radius 2 is 1.41 bits per heavy atom. The van der Waals surface area contributed by atoms with Gasteiger partial charge in [-0.15, -0.1) is 0 Å². The van der Waals surface area contributed by atoms with Crippen molar-refractivity contribution >= 4 is 41.8 Å². The molecule has 1 heterocycles. The van der Waals surface area contributed by atoms with Crippen molar-refractivity contribution < 1.29 is 0 Å². The molecule has 0 amide bonds. The molecule has 0 N–H and O–H groups in total. The van der Waals surface area contributed by atoms with Crippen LogP contribution in [-0.4, -0.2) is 41.8 Å². The molecule has 0 radical (unpaired) electrons. The predicted molar refractivity (Wildman–Crippen MR) is 77.0 cm³/mol. The van der Waals surface area contributed by atoms with Crippen molar-refractivity contribution in [2.24, 2.45) is 0 Å². The van der Waals surface area contributed by atoms with E-state index in [0.29, 0.717) is 37.5 Å². The number of rotatable bonds is 2. The first kappa shape index (κ1) is 12.0. The van der Waals surface area contributed by atoms with E-state index in [4.69, 9.17) is 0 Å². The van der Waals surface area contributed by atoms with Crippen LogP contribution in [-0.2, 0) is 0 Å². The molecule has 17 heavy (non-hydrogen) atoms. The molecule has 0 spiro atoms. The molecule has 0 aromatic heterocycles. The third kappa shape index (κ3) is 2.71. The van der Waals surface area contributed by atoms with Gasteiger partial charge in [-0.1, -0.05) is 0 Å². The average molecular weight is 404 g/mol. The molecular formula is C14H11As3. The van der Waals surface area contributed by atoms with Crippen LogP contribution in [0, 0.1) is 0 Å². The molecule has 3 heteroatoms. The summed E-state index contributed by atoms with van der Waals surface area (Å²) in [4.78, 5) is 0. The molecule has 0 nitrogen and oxygen atoms in total. The minimum absolute atomic E-state index is 0.532. The van der Waals surface area contributed by atoms with Crippen LogP contribution in [0.5, 0.6) is 0 Å². The van der Waals surface area contributed by atoms with Gasteiger partial charge in [0.1, 0.15) is 0 Å². The van der Waals surface area contributed by atoms with Crippen molar-refractivity contribution in [2.45, 2.75) is 4.71 Å². The minimum atomic E-state index is 0.532. The maximum atomic E-state index is 2.32. The van der Waals surface area contributed by atoms with Gasteiger partial charge in [0, 0.05) is 0 Å². The van der Waals surface area contributed by atoms with Crippen LogP contribution >= 0.6 is 0 Å². The second-order valence-electron chi connectivity index (χ2n) is 3.87. The second-order valence-corrected chi connectivity index (χ2v) is 24.0. The van der Waals surface area contributed by atoms with Crippen LogP contribution in [0.1, 0.15) is 15.8 Å². The van der Waals surface area contributed by atoms with Crippen LogP contribution in [0.15, 0.2) is 60.7 Å². The van der Waals surface area contributed by atoms with Crippen LogP contribution in [0.2, 0.25) is 0 Å². The predicted octanol–water partition coefficient (Wildman–Crippen LogP) is 1.90. The van der Waals surface area contributed by atoms with Gasteiger partial charge in [-0.2, -0.15) is 0 Å². The molecule has 1 aliphatic heterocycles. The van der Waals surface area contributed by atoms with Crippen molar-refractivity contribution in [1.82, 2.24) is 0 Å². The molecule has 1 atom stereocenters. The van der Waals surface area contributed by atoms with Gasteiger partial charge in [-0.3, -0.25) is 0 Å². The molecule has 82 valence electrons. The van der Waals surface area contributed by atoms with E-state index in [1.165, 1.54) is 5.56 Å². The van der Waals surface area contributed by atoms with Gasteiger partial charge < -0.3 is 0 Å². The van der Waals surface area contributed by atoms with Gasteiger partial charge in [0.05, 0.1) is 0 Å². The Bertz CT molecular complexity index is 559. The summed E-state index contributed by atoms with van der Waals surface area (Å²) in [6, 6.07) is 22.2. The van der Waals surface area contributed by atoms with Gasteiger partial charge in [0.15, 0.2) is 0 Å². The average Bonchev–Trinajstić information content (AvgIpc) is 2.90. The van der Waals surface area contributed by atoms with E-state index in [1.54, 1.807) is 9.87 Å². The van der Waals surface area contributed by atoms with Crippen molar-refractivity contribution in [1.29, 1.82) is 0 Å². The SMILES string of the molecule is c1ccc(C2=[As][As]=[As]C2c2ccccc2)cc1. The van der Waals surface area contributed by atoms with E-state index in [1.807, 2.05) is 0 Å². The molecule has 1 aliphatic rings. The van der Waals surface area contributed by atoms with Crippen LogP contribution in [0.4, 0.5) is 0 Å². The van der Waals surface area contributed by atoms with Gasteiger partial charge in [-0.25, -0.2) is 0 Å². The Labute approximate surface area is 117 Å². The number of hydrogen-bond acceptors (Lipinski definition) is 0. The summed E-state index contributed by atoms with van der Waals surface area (Å²) >= 11 is 1.81. The summed E-state index contributed by atoms with van der Waals surface area (Å²) in [7, 11) is 0. The Hall–Kier alpha value is -0.0147. The zero-order chi connectivity index (χ0) is 11.5. The van der Waals surface area contributed by atoms with Gasteiger partial charge >= 0.3 is 118 Å². The van der Waals surface area contributed by atoms with Crippen molar-refractivity contribution in [3.05, 3.63) is 71.8 Å². The van der Waals surface area contributed by atoms with E-state index in [9.17, 15) is 0 Å². The topological polar surface area (TPSA) is 0 Å². The fraction of sp³-hybridized carbons (Fsp3) is 0.0714. The van der Waals surface area contributed by atoms with Gasteiger partial charge in [0.25, 0.3) is 0 Å². The van der Waals surface area contributed by atoms with Gasteiger partial charge in [-0.05, 0) is 0 Å². The van der Waals surface area contributed by atoms with E-state index in [0.717, 1.165) is 4.71 Å². The quantitative estimate of drug-likeness (QED) is 0.672. The first-order valence-corrected chi connectivity index (χ1v) is 18.0. The molecule has 2 aromatic carbocycles. The fourth-order valence-corrected chi connectivity index (χ4v) is 32.6. The molecule has 0 saturated carbocycles. The van der Waals surface area contributed by atoms with Crippen molar-refractivity contribution in [3.63, 3.8) is 0 Å². The molecular weight excluding hydrogens is 393 g/mol. The Morgan fingerprint density at radius 3 is 2.12 bits per heavy atom. The molecule has 3 rings (SSSR count). The van der Waals surface area contributed by atoms with Crippen molar-refractivity contribution in [2.75, 3.05) is 0 Å². The summed E-state index contributed by atoms with van der Waals surface area (Å²) < 4.78 is 2.61. The second kappa shape index (κ2) is 5.75. The summed E-state index contributed by atoms with van der Waals surface area (Å²) in [5.74, 6) is 0. The monoisotopic (exact) mass is 404 g/mol. The first-order chi connectivity index (χ1) is 8.45. The zero-order valence-corrected chi connectivity index (χ0v) is 14.8. The van der Waals surface area contributed by atoms with E-state index < -0.39 is 0 Å². The summed E-state index contributed by atoms with van der Waals surface area (Å²) in [6.07, 6.45) is 0. The maximum absolute atomic E-state index is 2.32. The Morgan fingerprint density at radius 1 is 0.765 bits per heavy atom. The van der Waals surface area contributed by atoms with E-state index >= 15 is 0 Å². The Kier molecular flexibility index (Phi) is 4.07. The van der Waals surface area contributed by atoms with Gasteiger partial charge in [0.2, 0.25) is 0 Å². The summed E-state index contributed by atoms with van der Waals surface area (Å²) in [6.45, 7) is 0. The molecule has 1 unspecified atom stereocenters. The molecule has 0 saturated heterocycles. The molecule has 0 bridgehead atoms. The molecule has 0 fully saturated rings. The van der Waals surface area contributed by atoms with Crippen LogP contribution in [0.25, 0.3) is 0 Å². The van der Waals surface area contributed by atoms with Crippen LogP contribution in [0.3, 0.4) is 0 Å². The van der Waals surface area contributed by atoms with E-state index in [2.05, 4.69) is 60.7 Å².